The van der Waals surface area contributed by atoms with Crippen molar-refractivity contribution >= 4 is 16.0 Å². The minimum atomic E-state index is -3.51. The molecule has 0 aliphatic carbocycles. The normalized spacial score (nSPS) is 23.6. The molecule has 2 unspecified atom stereocenters. The lowest BCUT2D eigenvalue weighted by molar-refractivity contribution is -0.141. The van der Waals surface area contributed by atoms with Crippen LogP contribution in [0, 0.1) is 5.92 Å². The van der Waals surface area contributed by atoms with Gasteiger partial charge in [0.05, 0.1) is 5.75 Å². The number of phenolic OH excluding ortho intramolecular Hbond substituents is 1. The summed E-state index contributed by atoms with van der Waals surface area (Å²) < 4.78 is 25.0. The van der Waals surface area contributed by atoms with Crippen molar-refractivity contribution in [3.05, 3.63) is 29.8 Å². The summed E-state index contributed by atoms with van der Waals surface area (Å²) in [7, 11) is -3.51. The van der Waals surface area contributed by atoms with Crippen LogP contribution in [0.1, 0.15) is 12.5 Å². The maximum atomic E-state index is 12.0. The van der Waals surface area contributed by atoms with E-state index in [9.17, 15) is 23.4 Å². The summed E-state index contributed by atoms with van der Waals surface area (Å²) in [5, 5.41) is 18.5. The summed E-state index contributed by atoms with van der Waals surface area (Å²) >= 11 is 0. The maximum absolute atomic E-state index is 12.0. The number of carbonyl (C=O) groups is 1. The fourth-order valence-corrected chi connectivity index (χ4v) is 4.47. The second-order valence-corrected chi connectivity index (χ2v) is 7.14. The number of nitrogens with zero attached hydrogens (tertiary/aromatic N) is 1. The molecule has 1 heterocycles. The highest BCUT2D eigenvalue weighted by atomic mass is 32.2. The average molecular weight is 299 g/mol. The van der Waals surface area contributed by atoms with E-state index >= 15 is 0 Å². The largest absolute Gasteiger partial charge is 0.508 e. The third-order valence-electron chi connectivity index (χ3n) is 3.34. The van der Waals surface area contributed by atoms with Crippen LogP contribution in [0.25, 0.3) is 0 Å². The lowest BCUT2D eigenvalue weighted by atomic mass is 10.1. The highest BCUT2D eigenvalue weighted by Gasteiger charge is 2.41. The molecule has 1 aliphatic rings. The van der Waals surface area contributed by atoms with Gasteiger partial charge in [0, 0.05) is 6.54 Å². The molecule has 20 heavy (non-hydrogen) atoms. The fourth-order valence-electron chi connectivity index (χ4n) is 2.42. The number of carboxylic acids is 1. The van der Waals surface area contributed by atoms with E-state index in [4.69, 9.17) is 0 Å². The van der Waals surface area contributed by atoms with Gasteiger partial charge in [-0.25, -0.2) is 8.42 Å². The Hall–Kier alpha value is -1.60. The SMILES string of the molecule is CC1CN(C(Cc2ccc(O)cc2)C(=O)O)S(=O)(=O)C1. The quantitative estimate of drug-likeness (QED) is 0.852. The summed E-state index contributed by atoms with van der Waals surface area (Å²) in [6.45, 7) is 2.02. The van der Waals surface area contributed by atoms with Crippen LogP contribution in [0.3, 0.4) is 0 Å². The van der Waals surface area contributed by atoms with Crippen molar-refractivity contribution in [2.24, 2.45) is 5.92 Å². The summed E-state index contributed by atoms with van der Waals surface area (Å²) in [6, 6.07) is 4.99. The number of benzene rings is 1. The fraction of sp³-hybridized carbons (Fsp3) is 0.462. The van der Waals surface area contributed by atoms with Crippen molar-refractivity contribution in [1.82, 2.24) is 4.31 Å². The highest BCUT2D eigenvalue weighted by molar-refractivity contribution is 7.89. The van der Waals surface area contributed by atoms with Crippen molar-refractivity contribution in [3.63, 3.8) is 0 Å². The highest BCUT2D eigenvalue weighted by Crippen LogP contribution is 2.24. The second kappa shape index (κ2) is 5.41. The number of rotatable bonds is 4. The summed E-state index contributed by atoms with van der Waals surface area (Å²) in [6.07, 6.45) is 0.0849. The Labute approximate surface area is 117 Å². The summed E-state index contributed by atoms with van der Waals surface area (Å²) in [5.74, 6) is -1.15. The van der Waals surface area contributed by atoms with E-state index in [1.807, 2.05) is 0 Å². The van der Waals surface area contributed by atoms with Gasteiger partial charge in [0.1, 0.15) is 11.8 Å². The number of aliphatic carboxylic acids is 1. The number of hydrogen-bond acceptors (Lipinski definition) is 4. The molecule has 1 aliphatic heterocycles. The molecule has 0 aromatic heterocycles. The number of aromatic hydroxyl groups is 1. The van der Waals surface area contributed by atoms with Crippen molar-refractivity contribution < 1.29 is 23.4 Å². The standard InChI is InChI=1S/C13H17NO5S/c1-9-7-14(20(18,19)8-9)12(13(16)17)6-10-2-4-11(15)5-3-10/h2-5,9,12,15H,6-8H2,1H3,(H,16,17). The molecule has 0 bridgehead atoms. The van der Waals surface area contributed by atoms with Gasteiger partial charge < -0.3 is 10.2 Å². The molecule has 0 saturated carbocycles. The van der Waals surface area contributed by atoms with E-state index in [1.165, 1.54) is 12.1 Å². The molecular weight excluding hydrogens is 282 g/mol. The van der Waals surface area contributed by atoms with Gasteiger partial charge in [-0.05, 0) is 30.0 Å². The van der Waals surface area contributed by atoms with E-state index in [-0.39, 0.29) is 30.4 Å². The van der Waals surface area contributed by atoms with Gasteiger partial charge in [0.25, 0.3) is 0 Å². The van der Waals surface area contributed by atoms with Crippen LogP contribution in [-0.4, -0.2) is 47.2 Å². The summed E-state index contributed by atoms with van der Waals surface area (Å²) in [5.41, 5.74) is 0.671. The molecule has 2 rings (SSSR count). The molecule has 2 atom stereocenters. The average Bonchev–Trinajstić information content (AvgIpc) is 2.61. The first-order valence-electron chi connectivity index (χ1n) is 6.30. The van der Waals surface area contributed by atoms with Gasteiger partial charge >= 0.3 is 5.97 Å². The predicted molar refractivity (Wildman–Crippen MR) is 72.9 cm³/mol. The molecule has 0 amide bonds. The first-order chi connectivity index (χ1) is 9.29. The lowest BCUT2D eigenvalue weighted by Gasteiger charge is -2.23. The molecular formula is C13H17NO5S. The van der Waals surface area contributed by atoms with Crippen LogP contribution in [0.2, 0.25) is 0 Å². The summed E-state index contributed by atoms with van der Waals surface area (Å²) in [4.78, 5) is 11.4. The van der Waals surface area contributed by atoms with E-state index in [2.05, 4.69) is 0 Å². The van der Waals surface area contributed by atoms with Crippen LogP contribution in [0.5, 0.6) is 5.75 Å². The van der Waals surface area contributed by atoms with Gasteiger partial charge in [-0.2, -0.15) is 4.31 Å². The Kier molecular flexibility index (Phi) is 4.01. The van der Waals surface area contributed by atoms with Crippen LogP contribution in [0.4, 0.5) is 0 Å². The van der Waals surface area contributed by atoms with Crippen molar-refractivity contribution in [2.75, 3.05) is 12.3 Å². The Morgan fingerprint density at radius 1 is 1.40 bits per heavy atom. The van der Waals surface area contributed by atoms with E-state index < -0.39 is 22.0 Å². The molecule has 2 N–H and O–H groups in total. The first kappa shape index (κ1) is 14.8. The van der Waals surface area contributed by atoms with Gasteiger partial charge in [-0.3, -0.25) is 4.79 Å². The van der Waals surface area contributed by atoms with E-state index in [0.29, 0.717) is 5.56 Å². The number of sulfonamides is 1. The van der Waals surface area contributed by atoms with Crippen molar-refractivity contribution in [1.29, 1.82) is 0 Å². The molecule has 1 aromatic carbocycles. The molecule has 1 aromatic rings. The van der Waals surface area contributed by atoms with Gasteiger partial charge in [-0.1, -0.05) is 19.1 Å². The smallest absolute Gasteiger partial charge is 0.322 e. The zero-order valence-electron chi connectivity index (χ0n) is 11.1. The van der Waals surface area contributed by atoms with Crippen LogP contribution >= 0.6 is 0 Å². The lowest BCUT2D eigenvalue weighted by Crippen LogP contribution is -2.43. The third kappa shape index (κ3) is 3.10. The van der Waals surface area contributed by atoms with E-state index in [1.54, 1.807) is 19.1 Å². The topological polar surface area (TPSA) is 94.9 Å². The molecule has 1 saturated heterocycles. The Morgan fingerprint density at radius 3 is 2.45 bits per heavy atom. The number of hydrogen-bond donors (Lipinski definition) is 2. The zero-order chi connectivity index (χ0) is 14.9. The first-order valence-corrected chi connectivity index (χ1v) is 7.91. The third-order valence-corrected chi connectivity index (χ3v) is 5.45. The Morgan fingerprint density at radius 2 is 2.00 bits per heavy atom. The van der Waals surface area contributed by atoms with Crippen LogP contribution < -0.4 is 0 Å². The van der Waals surface area contributed by atoms with Gasteiger partial charge in [0.2, 0.25) is 10.0 Å². The molecule has 6 nitrogen and oxygen atoms in total. The monoisotopic (exact) mass is 299 g/mol. The van der Waals surface area contributed by atoms with Crippen molar-refractivity contribution in [3.8, 4) is 5.75 Å². The minimum Gasteiger partial charge on any atom is -0.508 e. The van der Waals surface area contributed by atoms with Gasteiger partial charge in [0.15, 0.2) is 0 Å². The van der Waals surface area contributed by atoms with E-state index in [0.717, 1.165) is 4.31 Å². The maximum Gasteiger partial charge on any atom is 0.322 e. The predicted octanol–water partition coefficient (Wildman–Crippen LogP) is 0.669. The molecule has 110 valence electrons. The molecule has 1 fully saturated rings. The van der Waals surface area contributed by atoms with Crippen LogP contribution in [0.15, 0.2) is 24.3 Å². The molecule has 0 spiro atoms. The number of phenols is 1. The van der Waals surface area contributed by atoms with Crippen molar-refractivity contribution in [2.45, 2.75) is 19.4 Å². The Bertz CT molecular complexity index is 596. The van der Waals surface area contributed by atoms with Gasteiger partial charge in [-0.15, -0.1) is 0 Å². The number of carboxylic acid groups (broad SMARTS) is 1. The minimum absolute atomic E-state index is 0.00758. The Balaban J connectivity index is 2.24. The van der Waals surface area contributed by atoms with Crippen LogP contribution in [-0.2, 0) is 21.2 Å². The second-order valence-electron chi connectivity index (χ2n) is 5.18. The molecule has 7 heteroatoms. The molecule has 0 radical (unpaired) electrons. The zero-order valence-corrected chi connectivity index (χ0v) is 11.9.